The van der Waals surface area contributed by atoms with Crippen LogP contribution in [0.15, 0.2) is 23.7 Å². The quantitative estimate of drug-likeness (QED) is 0.731. The van der Waals surface area contributed by atoms with Gasteiger partial charge in [-0.15, -0.1) is 0 Å². The van der Waals surface area contributed by atoms with Gasteiger partial charge >= 0.3 is 0 Å². The van der Waals surface area contributed by atoms with Crippen LogP contribution in [0.4, 0.5) is 0 Å². The number of rotatable bonds is 2. The molecule has 4 fully saturated rings. The Morgan fingerprint density at radius 3 is 2.88 bits per heavy atom. The Labute approximate surface area is 100 Å². The minimum atomic E-state index is 0.00375. The second kappa shape index (κ2) is 2.60. The molecule has 90 valence electrons. The Kier molecular flexibility index (Phi) is 1.49. The van der Waals surface area contributed by atoms with E-state index in [4.69, 9.17) is 9.47 Å². The van der Waals surface area contributed by atoms with E-state index in [1.165, 1.54) is 0 Å². The molecule has 2 spiro atoms. The molecule has 0 heterocycles. The van der Waals surface area contributed by atoms with Gasteiger partial charge in [0.15, 0.2) is 0 Å². The summed E-state index contributed by atoms with van der Waals surface area (Å²) < 4.78 is 10.9. The summed E-state index contributed by atoms with van der Waals surface area (Å²) in [6, 6.07) is 0. The molecule has 4 atom stereocenters. The first-order chi connectivity index (χ1) is 8.19. The van der Waals surface area contributed by atoms with Gasteiger partial charge in [-0.05, 0) is 25.3 Å². The lowest BCUT2D eigenvalue weighted by Crippen LogP contribution is -2.31. The van der Waals surface area contributed by atoms with Gasteiger partial charge in [-0.2, -0.15) is 0 Å². The first-order valence-electron chi connectivity index (χ1n) is 6.26. The molecule has 0 radical (unpaired) electrons. The molecule has 5 aliphatic rings. The minimum absolute atomic E-state index is 0.00375. The van der Waals surface area contributed by atoms with Crippen molar-refractivity contribution in [1.29, 1.82) is 0 Å². The van der Waals surface area contributed by atoms with Crippen LogP contribution in [0.1, 0.15) is 19.3 Å². The highest BCUT2D eigenvalue weighted by atomic mass is 16.5. The predicted molar refractivity (Wildman–Crippen MR) is 60.9 cm³/mol. The average molecular weight is 232 g/mol. The summed E-state index contributed by atoms with van der Waals surface area (Å²) in [6.07, 6.45) is 7.31. The van der Waals surface area contributed by atoms with Crippen molar-refractivity contribution in [3.8, 4) is 0 Å². The predicted octanol–water partition coefficient (Wildman–Crippen LogP) is 2.05. The zero-order chi connectivity index (χ0) is 11.8. The van der Waals surface area contributed by atoms with Crippen molar-refractivity contribution >= 4 is 5.78 Å². The Morgan fingerprint density at radius 1 is 1.35 bits per heavy atom. The first kappa shape index (κ1) is 9.75. The van der Waals surface area contributed by atoms with Crippen molar-refractivity contribution < 1.29 is 14.3 Å². The number of Topliss-reactive ketones (excluding diaryl/α,β-unsaturated/α-hetero) is 1. The molecule has 3 nitrogen and oxygen atoms in total. The molecule has 4 saturated carbocycles. The number of hydrogen-bond donors (Lipinski definition) is 0. The number of methoxy groups -OCH3 is 2. The number of allylic oxidation sites excluding steroid dienone is 3. The van der Waals surface area contributed by atoms with Crippen molar-refractivity contribution in [2.75, 3.05) is 14.2 Å². The van der Waals surface area contributed by atoms with Gasteiger partial charge in [-0.25, -0.2) is 0 Å². The lowest BCUT2D eigenvalue weighted by atomic mass is 9.69. The largest absolute Gasteiger partial charge is 0.500 e. The third-order valence-corrected chi connectivity index (χ3v) is 5.49. The molecule has 0 N–H and O–H groups in total. The summed E-state index contributed by atoms with van der Waals surface area (Å²) in [5.41, 5.74) is 0.0358. The SMILES string of the molecule is COC1=C[C@@]23CC[C@H]4C[C@]2(C(OC)=C1)C3C4=O. The molecule has 5 aliphatic carbocycles. The Morgan fingerprint density at radius 2 is 2.18 bits per heavy atom. The third kappa shape index (κ3) is 0.771. The van der Waals surface area contributed by atoms with Gasteiger partial charge in [-0.3, -0.25) is 4.79 Å². The molecule has 1 unspecified atom stereocenters. The van der Waals surface area contributed by atoms with E-state index in [9.17, 15) is 4.79 Å². The second-order valence-electron chi connectivity index (χ2n) is 5.75. The van der Waals surface area contributed by atoms with Crippen LogP contribution < -0.4 is 0 Å². The van der Waals surface area contributed by atoms with Gasteiger partial charge in [0.05, 0.1) is 14.2 Å². The molecule has 4 bridgehead atoms. The van der Waals surface area contributed by atoms with E-state index < -0.39 is 0 Å². The third-order valence-electron chi connectivity index (χ3n) is 5.49. The first-order valence-corrected chi connectivity index (χ1v) is 6.26. The van der Waals surface area contributed by atoms with E-state index in [1.54, 1.807) is 14.2 Å². The van der Waals surface area contributed by atoms with Gasteiger partial charge in [-0.1, -0.05) is 0 Å². The highest BCUT2D eigenvalue weighted by Gasteiger charge is 2.86. The summed E-state index contributed by atoms with van der Waals surface area (Å²) in [7, 11) is 3.38. The molecule has 0 aliphatic heterocycles. The summed E-state index contributed by atoms with van der Waals surface area (Å²) in [5, 5.41) is 0. The van der Waals surface area contributed by atoms with Crippen LogP contribution in [0, 0.1) is 22.7 Å². The zero-order valence-electron chi connectivity index (χ0n) is 10.2. The van der Waals surface area contributed by atoms with Crippen molar-refractivity contribution in [3.05, 3.63) is 23.7 Å². The number of ether oxygens (including phenoxy) is 2. The summed E-state index contributed by atoms with van der Waals surface area (Å²) in [6.45, 7) is 0. The van der Waals surface area contributed by atoms with E-state index >= 15 is 0 Å². The van der Waals surface area contributed by atoms with Crippen LogP contribution in [0.25, 0.3) is 0 Å². The second-order valence-corrected chi connectivity index (χ2v) is 5.75. The number of ketones is 1. The van der Waals surface area contributed by atoms with E-state index in [1.807, 2.05) is 6.08 Å². The average Bonchev–Trinajstić information content (AvgIpc) is 2.89. The van der Waals surface area contributed by atoms with Crippen molar-refractivity contribution in [1.82, 2.24) is 0 Å². The molecule has 3 heteroatoms. The van der Waals surface area contributed by atoms with Crippen molar-refractivity contribution in [2.45, 2.75) is 19.3 Å². The fraction of sp³-hybridized carbons (Fsp3) is 0.643. The molecule has 0 aromatic carbocycles. The summed E-state index contributed by atoms with van der Waals surface area (Å²) in [5.74, 6) is 2.75. The summed E-state index contributed by atoms with van der Waals surface area (Å²) in [4.78, 5) is 12.3. The van der Waals surface area contributed by atoms with E-state index in [0.717, 1.165) is 30.8 Å². The van der Waals surface area contributed by atoms with Gasteiger partial charge in [0.25, 0.3) is 0 Å². The number of carbonyl (C=O) groups excluding carboxylic acids is 1. The lowest BCUT2D eigenvalue weighted by molar-refractivity contribution is -0.125. The number of fused-ring (bicyclic) bond motifs is 1. The van der Waals surface area contributed by atoms with Gasteiger partial charge < -0.3 is 9.47 Å². The highest BCUT2D eigenvalue weighted by Crippen LogP contribution is 2.86. The van der Waals surface area contributed by atoms with Gasteiger partial charge in [0.1, 0.15) is 17.3 Å². The Bertz CT molecular complexity index is 490. The van der Waals surface area contributed by atoms with Crippen LogP contribution in [-0.2, 0) is 14.3 Å². The van der Waals surface area contributed by atoms with Crippen LogP contribution in [-0.4, -0.2) is 20.0 Å². The maximum atomic E-state index is 12.3. The monoisotopic (exact) mass is 232 g/mol. The van der Waals surface area contributed by atoms with Crippen LogP contribution in [0.5, 0.6) is 0 Å². The van der Waals surface area contributed by atoms with Crippen LogP contribution in [0.2, 0.25) is 0 Å². The number of carbonyl (C=O) groups is 1. The topological polar surface area (TPSA) is 35.5 Å². The summed E-state index contributed by atoms with van der Waals surface area (Å²) >= 11 is 0. The smallest absolute Gasteiger partial charge is 0.141 e. The van der Waals surface area contributed by atoms with Crippen LogP contribution >= 0.6 is 0 Å². The fourth-order valence-corrected chi connectivity index (χ4v) is 4.85. The highest BCUT2D eigenvalue weighted by molar-refractivity contribution is 5.95. The fourth-order valence-electron chi connectivity index (χ4n) is 4.85. The van der Waals surface area contributed by atoms with Crippen LogP contribution in [0.3, 0.4) is 0 Å². The molecule has 17 heavy (non-hydrogen) atoms. The molecular weight excluding hydrogens is 216 g/mol. The van der Waals surface area contributed by atoms with E-state index in [-0.39, 0.29) is 22.7 Å². The van der Waals surface area contributed by atoms with E-state index in [0.29, 0.717) is 5.78 Å². The lowest BCUT2D eigenvalue weighted by Gasteiger charge is -2.35. The molecule has 0 saturated heterocycles. The van der Waals surface area contributed by atoms with Gasteiger partial charge in [0.2, 0.25) is 0 Å². The van der Waals surface area contributed by atoms with E-state index in [2.05, 4.69) is 6.08 Å². The molecule has 0 amide bonds. The maximum absolute atomic E-state index is 12.3. The van der Waals surface area contributed by atoms with Crippen molar-refractivity contribution in [2.24, 2.45) is 22.7 Å². The Hall–Kier alpha value is -1.25. The minimum Gasteiger partial charge on any atom is -0.500 e. The number of hydrogen-bond acceptors (Lipinski definition) is 3. The van der Waals surface area contributed by atoms with Gasteiger partial charge in [0, 0.05) is 28.7 Å². The standard InChI is InChI=1S/C14H16O3/c1-16-9-5-10(17-2)14-6-8-3-4-13(14,7-9)12(14)11(8)15/h5,7-8,12H,3-4,6H2,1-2H3/t8-,12?,13+,14-/m0/s1. The zero-order valence-corrected chi connectivity index (χ0v) is 10.2. The normalized spacial score (nSPS) is 49.2. The maximum Gasteiger partial charge on any atom is 0.141 e. The molecule has 0 aromatic rings. The molecular formula is C14H16O3. The Balaban J connectivity index is 1.90. The van der Waals surface area contributed by atoms with Crippen molar-refractivity contribution in [3.63, 3.8) is 0 Å². The molecule has 5 rings (SSSR count). The molecule has 0 aromatic heterocycles.